The number of halogens is 1. The van der Waals surface area contributed by atoms with Gasteiger partial charge < -0.3 is 5.73 Å². The predicted molar refractivity (Wildman–Crippen MR) is 72.2 cm³/mol. The van der Waals surface area contributed by atoms with Crippen LogP contribution in [-0.2, 0) is 13.5 Å². The summed E-state index contributed by atoms with van der Waals surface area (Å²) in [5, 5.41) is 5.24. The Hall–Kier alpha value is -1.48. The number of aryl methyl sites for hydroxylation is 2. The van der Waals surface area contributed by atoms with E-state index in [2.05, 4.69) is 12.0 Å². The Kier molecular flexibility index (Phi) is 3.11. The second kappa shape index (κ2) is 4.41. The topological polar surface area (TPSA) is 43.8 Å². The van der Waals surface area contributed by atoms with Crippen molar-refractivity contribution in [2.45, 2.75) is 20.3 Å². The molecule has 0 saturated carbocycles. The number of nitrogen functional groups attached to an aromatic ring is 1. The molecule has 1 aromatic carbocycles. The van der Waals surface area contributed by atoms with Crippen molar-refractivity contribution in [3.05, 3.63) is 34.3 Å². The molecule has 0 saturated heterocycles. The lowest BCUT2D eigenvalue weighted by atomic mass is 10.0. The molecule has 0 unspecified atom stereocenters. The summed E-state index contributed by atoms with van der Waals surface area (Å²) < 4.78 is 1.72. The van der Waals surface area contributed by atoms with Gasteiger partial charge in [-0.15, -0.1) is 0 Å². The number of hydrogen-bond acceptors (Lipinski definition) is 2. The van der Waals surface area contributed by atoms with Crippen LogP contribution in [0.2, 0.25) is 5.02 Å². The van der Waals surface area contributed by atoms with Gasteiger partial charge in [0.15, 0.2) is 0 Å². The molecule has 0 aliphatic rings. The van der Waals surface area contributed by atoms with Gasteiger partial charge in [-0.05, 0) is 31.0 Å². The van der Waals surface area contributed by atoms with E-state index >= 15 is 0 Å². The van der Waals surface area contributed by atoms with Gasteiger partial charge >= 0.3 is 0 Å². The Labute approximate surface area is 106 Å². The largest absolute Gasteiger partial charge is 0.384 e. The smallest absolute Gasteiger partial charge is 0.125 e. The summed E-state index contributed by atoms with van der Waals surface area (Å²) in [6.45, 7) is 4.07. The first-order valence-electron chi connectivity index (χ1n) is 5.62. The molecule has 0 bridgehead atoms. The number of rotatable bonds is 2. The van der Waals surface area contributed by atoms with Crippen molar-refractivity contribution >= 4 is 17.4 Å². The number of nitrogens with two attached hydrogens (primary N) is 1. The average molecular weight is 250 g/mol. The SMILES string of the molecule is CCc1c(-c2ccc(Cl)c(C)c2)nn(C)c1N. The van der Waals surface area contributed by atoms with E-state index in [-0.39, 0.29) is 0 Å². The molecule has 1 heterocycles. The minimum Gasteiger partial charge on any atom is -0.384 e. The first-order chi connectivity index (χ1) is 8.04. The molecule has 0 spiro atoms. The Balaban J connectivity index is 2.60. The number of hydrogen-bond donors (Lipinski definition) is 1. The summed E-state index contributed by atoms with van der Waals surface area (Å²) in [7, 11) is 1.86. The zero-order chi connectivity index (χ0) is 12.6. The second-order valence-electron chi connectivity index (χ2n) is 4.15. The van der Waals surface area contributed by atoms with Crippen LogP contribution >= 0.6 is 11.6 Å². The van der Waals surface area contributed by atoms with Gasteiger partial charge in [-0.1, -0.05) is 24.6 Å². The highest BCUT2D eigenvalue weighted by Crippen LogP contribution is 2.29. The molecule has 0 aliphatic heterocycles. The van der Waals surface area contributed by atoms with Gasteiger partial charge in [-0.2, -0.15) is 5.10 Å². The molecule has 0 amide bonds. The standard InChI is InChI=1S/C13H16ClN3/c1-4-10-12(16-17(3)13(10)15)9-5-6-11(14)8(2)7-9/h5-7H,4,15H2,1-3H3. The number of benzene rings is 1. The van der Waals surface area contributed by atoms with Crippen molar-refractivity contribution in [1.29, 1.82) is 0 Å². The van der Waals surface area contributed by atoms with E-state index in [0.717, 1.165) is 39.6 Å². The van der Waals surface area contributed by atoms with E-state index in [1.54, 1.807) is 4.68 Å². The molecule has 1 aromatic heterocycles. The van der Waals surface area contributed by atoms with Gasteiger partial charge in [0, 0.05) is 23.2 Å². The van der Waals surface area contributed by atoms with Crippen LogP contribution in [0.25, 0.3) is 11.3 Å². The Bertz CT molecular complexity index is 558. The zero-order valence-electron chi connectivity index (χ0n) is 10.3. The van der Waals surface area contributed by atoms with Crippen LogP contribution in [0, 0.1) is 6.92 Å². The molecule has 2 rings (SSSR count). The summed E-state index contributed by atoms with van der Waals surface area (Å²) in [6, 6.07) is 5.93. The van der Waals surface area contributed by atoms with Crippen LogP contribution in [0.15, 0.2) is 18.2 Å². The molecule has 0 atom stereocenters. The highest BCUT2D eigenvalue weighted by molar-refractivity contribution is 6.31. The summed E-state index contributed by atoms with van der Waals surface area (Å²) in [5.41, 5.74) is 10.2. The van der Waals surface area contributed by atoms with Crippen molar-refractivity contribution in [3.8, 4) is 11.3 Å². The number of nitrogens with zero attached hydrogens (tertiary/aromatic N) is 2. The van der Waals surface area contributed by atoms with Crippen LogP contribution in [0.4, 0.5) is 5.82 Å². The van der Waals surface area contributed by atoms with Gasteiger partial charge in [-0.25, -0.2) is 0 Å². The highest BCUT2D eigenvalue weighted by Gasteiger charge is 2.14. The maximum atomic E-state index is 6.03. The normalized spacial score (nSPS) is 10.8. The van der Waals surface area contributed by atoms with Gasteiger partial charge in [0.2, 0.25) is 0 Å². The van der Waals surface area contributed by atoms with E-state index in [1.165, 1.54) is 0 Å². The van der Waals surface area contributed by atoms with E-state index in [9.17, 15) is 0 Å². The fraction of sp³-hybridized carbons (Fsp3) is 0.308. The summed E-state index contributed by atoms with van der Waals surface area (Å²) in [5.74, 6) is 0.732. The molecule has 0 radical (unpaired) electrons. The van der Waals surface area contributed by atoms with Gasteiger partial charge in [0.05, 0.1) is 5.69 Å². The van der Waals surface area contributed by atoms with Crippen LogP contribution < -0.4 is 5.73 Å². The van der Waals surface area contributed by atoms with E-state index in [0.29, 0.717) is 0 Å². The van der Waals surface area contributed by atoms with Crippen LogP contribution in [0.1, 0.15) is 18.1 Å². The molecular weight excluding hydrogens is 234 g/mol. The van der Waals surface area contributed by atoms with Crippen molar-refractivity contribution < 1.29 is 0 Å². The van der Waals surface area contributed by atoms with Crippen molar-refractivity contribution in [2.75, 3.05) is 5.73 Å². The maximum Gasteiger partial charge on any atom is 0.125 e. The monoisotopic (exact) mass is 249 g/mol. The minimum absolute atomic E-state index is 0.732. The third-order valence-electron chi connectivity index (χ3n) is 2.98. The Morgan fingerprint density at radius 3 is 2.71 bits per heavy atom. The van der Waals surface area contributed by atoms with E-state index in [4.69, 9.17) is 17.3 Å². The quantitative estimate of drug-likeness (QED) is 0.888. The highest BCUT2D eigenvalue weighted by atomic mass is 35.5. The maximum absolute atomic E-state index is 6.03. The number of anilines is 1. The second-order valence-corrected chi connectivity index (χ2v) is 4.56. The van der Waals surface area contributed by atoms with Gasteiger partial charge in [-0.3, -0.25) is 4.68 Å². The fourth-order valence-corrected chi connectivity index (χ4v) is 2.07. The molecular formula is C13H16ClN3. The lowest BCUT2D eigenvalue weighted by Crippen LogP contribution is -1.98. The third kappa shape index (κ3) is 2.03. The van der Waals surface area contributed by atoms with Crippen LogP contribution in [0.3, 0.4) is 0 Å². The third-order valence-corrected chi connectivity index (χ3v) is 3.40. The minimum atomic E-state index is 0.732. The first kappa shape index (κ1) is 12.0. The molecule has 3 nitrogen and oxygen atoms in total. The van der Waals surface area contributed by atoms with Crippen molar-refractivity contribution in [1.82, 2.24) is 9.78 Å². The van der Waals surface area contributed by atoms with Crippen molar-refractivity contribution in [3.63, 3.8) is 0 Å². The Morgan fingerprint density at radius 2 is 2.12 bits per heavy atom. The lowest BCUT2D eigenvalue weighted by Gasteiger charge is -2.03. The first-order valence-corrected chi connectivity index (χ1v) is 6.00. The Morgan fingerprint density at radius 1 is 1.41 bits per heavy atom. The molecule has 0 aliphatic carbocycles. The summed E-state index contributed by atoms with van der Waals surface area (Å²) in [4.78, 5) is 0. The predicted octanol–water partition coefficient (Wildman–Crippen LogP) is 3.19. The van der Waals surface area contributed by atoms with Crippen LogP contribution in [-0.4, -0.2) is 9.78 Å². The average Bonchev–Trinajstić information content (AvgIpc) is 2.59. The van der Waals surface area contributed by atoms with Crippen LogP contribution in [0.5, 0.6) is 0 Å². The molecule has 2 aromatic rings. The number of aromatic nitrogens is 2. The van der Waals surface area contributed by atoms with Gasteiger partial charge in [0.1, 0.15) is 5.82 Å². The lowest BCUT2D eigenvalue weighted by molar-refractivity contribution is 0.781. The summed E-state index contributed by atoms with van der Waals surface area (Å²) >= 11 is 6.03. The molecule has 17 heavy (non-hydrogen) atoms. The fourth-order valence-electron chi connectivity index (χ4n) is 1.95. The van der Waals surface area contributed by atoms with E-state index < -0.39 is 0 Å². The molecule has 4 heteroatoms. The molecule has 0 fully saturated rings. The van der Waals surface area contributed by atoms with E-state index in [1.807, 2.05) is 32.2 Å². The van der Waals surface area contributed by atoms with Gasteiger partial charge in [0.25, 0.3) is 0 Å². The summed E-state index contributed by atoms with van der Waals surface area (Å²) in [6.07, 6.45) is 0.872. The molecule has 90 valence electrons. The molecule has 2 N–H and O–H groups in total. The van der Waals surface area contributed by atoms with Crippen molar-refractivity contribution in [2.24, 2.45) is 7.05 Å². The zero-order valence-corrected chi connectivity index (χ0v) is 11.0.